The predicted octanol–water partition coefficient (Wildman–Crippen LogP) is 5.11. The molecule has 206 valence electrons. The van der Waals surface area contributed by atoms with Crippen LogP contribution < -0.4 is 10.2 Å². The minimum absolute atomic E-state index is 0.156. The number of anilines is 1. The van der Waals surface area contributed by atoms with Gasteiger partial charge in [0.15, 0.2) is 0 Å². The van der Waals surface area contributed by atoms with Crippen LogP contribution in [-0.2, 0) is 33.0 Å². The molecule has 0 unspecified atom stereocenters. The first-order valence-electron chi connectivity index (χ1n) is 14.1. The molecule has 0 bridgehead atoms. The third-order valence-corrected chi connectivity index (χ3v) is 9.63. The van der Waals surface area contributed by atoms with Gasteiger partial charge in [0.25, 0.3) is 5.91 Å². The van der Waals surface area contributed by atoms with Crippen molar-refractivity contribution in [3.63, 3.8) is 0 Å². The predicted molar refractivity (Wildman–Crippen MR) is 162 cm³/mol. The lowest BCUT2D eigenvalue weighted by molar-refractivity contribution is -0.143. The molecule has 0 saturated carbocycles. The average Bonchev–Trinajstić information content (AvgIpc) is 3.56. The topological polar surface area (TPSA) is 69.7 Å². The van der Waals surface area contributed by atoms with E-state index in [0.29, 0.717) is 13.0 Å². The van der Waals surface area contributed by atoms with Gasteiger partial charge in [-0.15, -0.1) is 0 Å². The molecule has 4 aromatic carbocycles. The zero-order valence-corrected chi connectivity index (χ0v) is 23.6. The number of nitrogens with zero attached hydrogens (tertiary/aromatic N) is 2. The van der Waals surface area contributed by atoms with Crippen molar-refractivity contribution >= 4 is 45.9 Å². The molecule has 0 aromatic heterocycles. The Balaban J connectivity index is 1.32. The highest BCUT2D eigenvalue weighted by Crippen LogP contribution is 2.55. The van der Waals surface area contributed by atoms with Crippen molar-refractivity contribution in [1.82, 2.24) is 10.2 Å². The van der Waals surface area contributed by atoms with Gasteiger partial charge in [0.1, 0.15) is 5.54 Å². The zero-order valence-electron chi connectivity index (χ0n) is 22.8. The molecule has 41 heavy (non-hydrogen) atoms. The van der Waals surface area contributed by atoms with Crippen LogP contribution in [0.4, 0.5) is 5.69 Å². The van der Waals surface area contributed by atoms with Gasteiger partial charge in [-0.05, 0) is 46.4 Å². The molecular weight excluding hydrogens is 530 g/mol. The summed E-state index contributed by atoms with van der Waals surface area (Å²) in [4.78, 5) is 46.2. The van der Waals surface area contributed by atoms with Crippen molar-refractivity contribution in [3.05, 3.63) is 114 Å². The van der Waals surface area contributed by atoms with Gasteiger partial charge in [-0.1, -0.05) is 91.0 Å². The molecule has 4 aromatic rings. The zero-order chi connectivity index (χ0) is 28.1. The lowest BCUT2D eigenvalue weighted by atomic mass is 9.76. The van der Waals surface area contributed by atoms with Crippen molar-refractivity contribution in [2.45, 2.75) is 31.1 Å². The number of amides is 3. The number of rotatable bonds is 7. The Kier molecular flexibility index (Phi) is 6.44. The molecular formula is C34H31N3O3S. The van der Waals surface area contributed by atoms with E-state index in [1.54, 1.807) is 11.8 Å². The summed E-state index contributed by atoms with van der Waals surface area (Å²) in [5, 5.41) is 5.84. The van der Waals surface area contributed by atoms with Crippen LogP contribution in [0.2, 0.25) is 0 Å². The Hall–Kier alpha value is -3.94. The van der Waals surface area contributed by atoms with Gasteiger partial charge in [-0.3, -0.25) is 24.6 Å². The van der Waals surface area contributed by atoms with Crippen molar-refractivity contribution in [2.24, 2.45) is 11.8 Å². The van der Waals surface area contributed by atoms with Crippen LogP contribution in [0.25, 0.3) is 10.8 Å². The van der Waals surface area contributed by atoms with Gasteiger partial charge in [-0.25, -0.2) is 0 Å². The van der Waals surface area contributed by atoms with Gasteiger partial charge in [0.2, 0.25) is 11.8 Å². The summed E-state index contributed by atoms with van der Waals surface area (Å²) >= 11 is 1.70. The fourth-order valence-electron chi connectivity index (χ4n) is 7.18. The first kappa shape index (κ1) is 26.0. The van der Waals surface area contributed by atoms with Crippen LogP contribution in [0.5, 0.6) is 0 Å². The van der Waals surface area contributed by atoms with Crippen LogP contribution >= 0.6 is 11.8 Å². The highest BCUT2D eigenvalue weighted by atomic mass is 32.2. The van der Waals surface area contributed by atoms with Crippen molar-refractivity contribution in [1.29, 1.82) is 0 Å². The largest absolute Gasteiger partial charge is 0.306 e. The molecule has 7 heteroatoms. The average molecular weight is 562 g/mol. The molecule has 2 fully saturated rings. The summed E-state index contributed by atoms with van der Waals surface area (Å²) in [7, 11) is 0. The van der Waals surface area contributed by atoms with E-state index in [-0.39, 0.29) is 30.3 Å². The van der Waals surface area contributed by atoms with E-state index in [1.165, 1.54) is 4.90 Å². The van der Waals surface area contributed by atoms with Gasteiger partial charge in [0.05, 0.1) is 24.9 Å². The summed E-state index contributed by atoms with van der Waals surface area (Å²) < 4.78 is 0. The summed E-state index contributed by atoms with van der Waals surface area (Å²) in [6, 6.07) is 31.4. The van der Waals surface area contributed by atoms with Crippen molar-refractivity contribution in [3.8, 4) is 0 Å². The number of carbonyl (C=O) groups is 3. The number of fused-ring (bicyclic) bond motifs is 5. The van der Waals surface area contributed by atoms with E-state index in [1.807, 2.05) is 84.0 Å². The van der Waals surface area contributed by atoms with Gasteiger partial charge in [0, 0.05) is 17.3 Å². The first-order chi connectivity index (χ1) is 20.0. The molecule has 0 aliphatic carbocycles. The molecule has 7 rings (SSSR count). The molecule has 3 aliphatic heterocycles. The molecule has 3 heterocycles. The molecule has 1 N–H and O–H groups in total. The number of hydrogen-bond donors (Lipinski definition) is 1. The quantitative estimate of drug-likeness (QED) is 0.318. The van der Waals surface area contributed by atoms with Gasteiger partial charge in [-0.2, -0.15) is 11.8 Å². The van der Waals surface area contributed by atoms with Crippen LogP contribution in [0.3, 0.4) is 0 Å². The molecule has 2 saturated heterocycles. The Morgan fingerprint density at radius 1 is 0.780 bits per heavy atom. The van der Waals surface area contributed by atoms with Crippen LogP contribution in [0, 0.1) is 11.8 Å². The molecule has 4 atom stereocenters. The standard InChI is InChI=1S/C34H31N3O3S/c1-41-19-18-27-29-30(32(39)37(31(29)38)20-22-10-3-2-4-11-22)34(35-27)26-16-7-8-17-28(26)36(33(34)40)21-24-14-9-13-23-12-5-6-15-25(23)24/h2-17,27,29-30,35H,18-21H2,1H3/t27-,29-,30+,34+/m1/s1. The maximum atomic E-state index is 14.8. The number of imide groups is 1. The van der Waals surface area contributed by atoms with E-state index in [4.69, 9.17) is 0 Å². The molecule has 6 nitrogen and oxygen atoms in total. The number of benzene rings is 4. The van der Waals surface area contributed by atoms with Crippen LogP contribution in [-0.4, -0.2) is 40.7 Å². The number of carbonyl (C=O) groups excluding carboxylic acids is 3. The monoisotopic (exact) mass is 561 g/mol. The number of thioether (sulfide) groups is 1. The lowest BCUT2D eigenvalue weighted by Gasteiger charge is -2.31. The maximum absolute atomic E-state index is 14.8. The lowest BCUT2D eigenvalue weighted by Crippen LogP contribution is -2.55. The summed E-state index contributed by atoms with van der Waals surface area (Å²) in [5.41, 5.74) is 2.23. The second kappa shape index (κ2) is 10.2. The van der Waals surface area contributed by atoms with Crippen molar-refractivity contribution < 1.29 is 14.4 Å². The fourth-order valence-corrected chi connectivity index (χ4v) is 7.67. The van der Waals surface area contributed by atoms with E-state index in [9.17, 15) is 14.4 Å². The Labute approximate surface area is 243 Å². The normalized spacial score (nSPS) is 25.0. The van der Waals surface area contributed by atoms with Crippen molar-refractivity contribution in [2.75, 3.05) is 16.9 Å². The smallest absolute Gasteiger partial charge is 0.253 e. The third-order valence-electron chi connectivity index (χ3n) is 8.98. The van der Waals surface area contributed by atoms with Gasteiger partial charge < -0.3 is 4.90 Å². The first-order valence-corrected chi connectivity index (χ1v) is 15.5. The number of nitrogens with one attached hydrogen (secondary N) is 1. The summed E-state index contributed by atoms with van der Waals surface area (Å²) in [6.45, 7) is 0.593. The number of hydrogen-bond acceptors (Lipinski definition) is 5. The van der Waals surface area contributed by atoms with E-state index in [2.05, 4.69) is 29.6 Å². The Morgan fingerprint density at radius 3 is 2.34 bits per heavy atom. The second-order valence-corrected chi connectivity index (χ2v) is 12.1. The summed E-state index contributed by atoms with van der Waals surface area (Å²) in [5.74, 6) is -1.16. The van der Waals surface area contributed by atoms with Crippen LogP contribution in [0.1, 0.15) is 23.1 Å². The minimum atomic E-state index is -1.28. The minimum Gasteiger partial charge on any atom is -0.306 e. The Morgan fingerprint density at radius 2 is 1.51 bits per heavy atom. The van der Waals surface area contributed by atoms with E-state index < -0.39 is 17.4 Å². The molecule has 3 aliphatic rings. The Bertz CT molecular complexity index is 1670. The SMILES string of the molecule is CSCC[C@H]1N[C@]2(C(=O)N(Cc3cccc4ccccc34)c3ccccc32)[C@@H]2C(=O)N(Cc3ccccc3)C(=O)[C@@H]21. The second-order valence-electron chi connectivity index (χ2n) is 11.1. The molecule has 3 amide bonds. The maximum Gasteiger partial charge on any atom is 0.253 e. The highest BCUT2D eigenvalue weighted by molar-refractivity contribution is 7.98. The number of likely N-dealkylation sites (tertiary alicyclic amines) is 1. The fraction of sp³-hybridized carbons (Fsp3) is 0.265. The number of para-hydroxylation sites is 1. The summed E-state index contributed by atoms with van der Waals surface area (Å²) in [6.07, 6.45) is 2.73. The molecule has 1 spiro atoms. The highest BCUT2D eigenvalue weighted by Gasteiger charge is 2.71. The van der Waals surface area contributed by atoms with E-state index in [0.717, 1.165) is 38.9 Å². The van der Waals surface area contributed by atoms with Crippen LogP contribution in [0.15, 0.2) is 97.1 Å². The third kappa shape index (κ3) is 3.94. The molecule has 0 radical (unpaired) electrons. The van der Waals surface area contributed by atoms with Gasteiger partial charge >= 0.3 is 0 Å². The van der Waals surface area contributed by atoms with E-state index >= 15 is 0 Å².